The number of nitrogens with zero attached hydrogens (tertiary/aromatic N) is 1. The predicted molar refractivity (Wildman–Crippen MR) is 41.2 cm³/mol. The Labute approximate surface area is 71.2 Å². The van der Waals surface area contributed by atoms with Crippen molar-refractivity contribution >= 4 is 12.4 Å². The predicted octanol–water partition coefficient (Wildman–Crippen LogP) is -0.825. The number of methoxy groups -OCH3 is 2. The monoisotopic (exact) mass is 174 g/mol. The van der Waals surface area contributed by atoms with Gasteiger partial charge in [0.15, 0.2) is 0 Å². The van der Waals surface area contributed by atoms with E-state index in [1.807, 2.05) is 0 Å². The van der Waals surface area contributed by atoms with Gasteiger partial charge in [-0.25, -0.2) is 0 Å². The van der Waals surface area contributed by atoms with Crippen molar-refractivity contribution in [1.29, 1.82) is 0 Å². The van der Waals surface area contributed by atoms with Crippen LogP contribution in [0.5, 0.6) is 0 Å². The van der Waals surface area contributed by atoms with Crippen molar-refractivity contribution in [3.63, 3.8) is 0 Å². The Morgan fingerprint density at radius 3 is 2.58 bits per heavy atom. The largest absolute Gasteiger partial charge is 0.468 e. The number of carbonyl (C=O) groups is 1. The molecule has 0 aliphatic heterocycles. The maximum atomic E-state index is 10.7. The number of rotatable bonds is 6. The minimum absolute atomic E-state index is 0.0800. The van der Waals surface area contributed by atoms with Crippen LogP contribution < -0.4 is 0 Å². The third-order valence-electron chi connectivity index (χ3n) is 1.24. The van der Waals surface area contributed by atoms with Crippen LogP contribution in [0.4, 0.5) is 0 Å². The maximum absolute atomic E-state index is 10.7. The summed E-state index contributed by atoms with van der Waals surface area (Å²) in [5, 5.41) is 0. The molecule has 0 atom stereocenters. The van der Waals surface area contributed by atoms with E-state index in [1.165, 1.54) is 14.2 Å². The molecule has 1 radical (unpaired) electrons. The molecule has 0 aromatic carbocycles. The van der Waals surface area contributed by atoms with E-state index < -0.39 is 5.97 Å². The summed E-state index contributed by atoms with van der Waals surface area (Å²) in [5.41, 5.74) is 0. The molecule has 0 N–H and O–H groups in total. The lowest BCUT2D eigenvalue weighted by Crippen LogP contribution is -2.32. The molecule has 0 spiro atoms. The Bertz CT molecular complexity index is 148. The summed E-state index contributed by atoms with van der Waals surface area (Å²) >= 11 is 0. The number of ether oxygens (including phenoxy) is 2. The molecular formula is C7H12NO4. The third-order valence-corrected chi connectivity index (χ3v) is 1.24. The molecule has 69 valence electrons. The standard InChI is InChI=1S/C7H12NO4/c1-11-4-3-8(6-9)5-7(10)12-2/h3-5H2,1-2H3. The third kappa shape index (κ3) is 4.68. The molecule has 0 aromatic rings. The molecule has 1 amide bonds. The average Bonchev–Trinajstić information content (AvgIpc) is 2.11. The second-order valence-corrected chi connectivity index (χ2v) is 2.08. The summed E-state index contributed by atoms with van der Waals surface area (Å²) < 4.78 is 9.08. The van der Waals surface area contributed by atoms with E-state index in [-0.39, 0.29) is 6.54 Å². The van der Waals surface area contributed by atoms with E-state index in [2.05, 4.69) is 4.74 Å². The van der Waals surface area contributed by atoms with Gasteiger partial charge in [-0.15, -0.1) is 0 Å². The molecule has 0 saturated heterocycles. The Hall–Kier alpha value is -1.10. The lowest BCUT2D eigenvalue weighted by molar-refractivity contribution is -0.141. The van der Waals surface area contributed by atoms with Crippen LogP contribution in [0.3, 0.4) is 0 Å². The lowest BCUT2D eigenvalue weighted by Gasteiger charge is -2.13. The topological polar surface area (TPSA) is 55.8 Å². The van der Waals surface area contributed by atoms with Crippen LogP contribution in [-0.4, -0.2) is 51.2 Å². The van der Waals surface area contributed by atoms with Crippen LogP contribution in [0.25, 0.3) is 0 Å². The quantitative estimate of drug-likeness (QED) is 0.390. The van der Waals surface area contributed by atoms with Gasteiger partial charge >= 0.3 is 12.4 Å². The first kappa shape index (κ1) is 10.9. The number of amides is 1. The maximum Gasteiger partial charge on any atom is 0.325 e. The van der Waals surface area contributed by atoms with E-state index in [0.717, 1.165) is 4.90 Å². The molecule has 0 rings (SSSR count). The van der Waals surface area contributed by atoms with E-state index >= 15 is 0 Å². The van der Waals surface area contributed by atoms with Gasteiger partial charge in [-0.05, 0) is 0 Å². The molecule has 0 fully saturated rings. The zero-order valence-electron chi connectivity index (χ0n) is 7.20. The van der Waals surface area contributed by atoms with Crippen LogP contribution >= 0.6 is 0 Å². The van der Waals surface area contributed by atoms with Gasteiger partial charge in [0.25, 0.3) is 0 Å². The summed E-state index contributed by atoms with van der Waals surface area (Å²) in [5.74, 6) is -0.463. The van der Waals surface area contributed by atoms with E-state index in [0.29, 0.717) is 13.2 Å². The van der Waals surface area contributed by atoms with E-state index in [4.69, 9.17) is 4.74 Å². The zero-order valence-corrected chi connectivity index (χ0v) is 7.20. The van der Waals surface area contributed by atoms with Crippen molar-refractivity contribution in [2.45, 2.75) is 0 Å². The summed E-state index contributed by atoms with van der Waals surface area (Å²) in [6.07, 6.45) is 1.60. The molecule has 0 bridgehead atoms. The van der Waals surface area contributed by atoms with E-state index in [9.17, 15) is 9.59 Å². The first-order chi connectivity index (χ1) is 5.74. The summed E-state index contributed by atoms with van der Waals surface area (Å²) in [6, 6.07) is 0. The Morgan fingerprint density at radius 2 is 2.17 bits per heavy atom. The van der Waals surface area contributed by atoms with Gasteiger partial charge in [0.05, 0.1) is 13.7 Å². The fraction of sp³-hybridized carbons (Fsp3) is 0.714. The Balaban J connectivity index is 3.66. The molecule has 0 heterocycles. The Morgan fingerprint density at radius 1 is 1.50 bits per heavy atom. The first-order valence-corrected chi connectivity index (χ1v) is 3.43. The highest BCUT2D eigenvalue weighted by Crippen LogP contribution is 1.85. The second kappa shape index (κ2) is 6.60. The molecule has 0 aliphatic carbocycles. The van der Waals surface area contributed by atoms with Gasteiger partial charge in [0, 0.05) is 13.7 Å². The lowest BCUT2D eigenvalue weighted by atomic mass is 10.5. The molecule has 5 heteroatoms. The fourth-order valence-corrected chi connectivity index (χ4v) is 0.579. The molecule has 5 nitrogen and oxygen atoms in total. The number of hydrogen-bond donors (Lipinski definition) is 0. The van der Waals surface area contributed by atoms with Crippen molar-refractivity contribution in [1.82, 2.24) is 4.90 Å². The molecule has 0 aliphatic rings. The van der Waals surface area contributed by atoms with Crippen molar-refractivity contribution in [2.75, 3.05) is 33.9 Å². The SMILES string of the molecule is COCCN([C]=O)CC(=O)OC. The second-order valence-electron chi connectivity index (χ2n) is 2.08. The van der Waals surface area contributed by atoms with Crippen molar-refractivity contribution in [3.8, 4) is 0 Å². The van der Waals surface area contributed by atoms with Gasteiger partial charge in [0.2, 0.25) is 0 Å². The van der Waals surface area contributed by atoms with Crippen molar-refractivity contribution < 1.29 is 19.1 Å². The fourth-order valence-electron chi connectivity index (χ4n) is 0.579. The van der Waals surface area contributed by atoms with Crippen LogP contribution in [0.1, 0.15) is 0 Å². The zero-order chi connectivity index (χ0) is 9.40. The van der Waals surface area contributed by atoms with Gasteiger partial charge in [0.1, 0.15) is 6.54 Å². The molecule has 0 aromatic heterocycles. The highest BCUT2D eigenvalue weighted by atomic mass is 16.5. The first-order valence-electron chi connectivity index (χ1n) is 3.43. The summed E-state index contributed by atoms with van der Waals surface area (Å²) in [4.78, 5) is 22.0. The van der Waals surface area contributed by atoms with Crippen LogP contribution in [-0.2, 0) is 19.1 Å². The van der Waals surface area contributed by atoms with Crippen LogP contribution in [0.15, 0.2) is 0 Å². The van der Waals surface area contributed by atoms with Crippen molar-refractivity contribution in [2.24, 2.45) is 0 Å². The van der Waals surface area contributed by atoms with Crippen LogP contribution in [0.2, 0.25) is 0 Å². The molecule has 0 saturated carbocycles. The van der Waals surface area contributed by atoms with Crippen LogP contribution in [0, 0.1) is 0 Å². The molecule has 12 heavy (non-hydrogen) atoms. The highest BCUT2D eigenvalue weighted by molar-refractivity contribution is 5.74. The number of hydrogen-bond acceptors (Lipinski definition) is 4. The minimum atomic E-state index is -0.463. The number of carbonyl (C=O) groups excluding carboxylic acids is 2. The average molecular weight is 174 g/mol. The van der Waals surface area contributed by atoms with Gasteiger partial charge < -0.3 is 14.4 Å². The Kier molecular flexibility index (Phi) is 6.00. The summed E-state index contributed by atoms with van der Waals surface area (Å²) in [7, 11) is 2.78. The number of esters is 1. The van der Waals surface area contributed by atoms with Crippen molar-refractivity contribution in [3.05, 3.63) is 0 Å². The van der Waals surface area contributed by atoms with Gasteiger partial charge in [-0.1, -0.05) is 0 Å². The van der Waals surface area contributed by atoms with Gasteiger partial charge in [-0.3, -0.25) is 9.59 Å². The summed E-state index contributed by atoms with van der Waals surface area (Å²) in [6.45, 7) is 0.644. The minimum Gasteiger partial charge on any atom is -0.468 e. The smallest absolute Gasteiger partial charge is 0.325 e. The van der Waals surface area contributed by atoms with Gasteiger partial charge in [-0.2, -0.15) is 0 Å². The molecule has 0 unspecified atom stereocenters. The van der Waals surface area contributed by atoms with E-state index in [1.54, 1.807) is 6.41 Å². The highest BCUT2D eigenvalue weighted by Gasteiger charge is 2.08. The molecular weight excluding hydrogens is 162 g/mol. The normalized spacial score (nSPS) is 9.17.